The molecule has 1 aromatic carbocycles. The van der Waals surface area contributed by atoms with Crippen molar-refractivity contribution >= 4 is 11.6 Å². The molecule has 2 aromatic rings. The summed E-state index contributed by atoms with van der Waals surface area (Å²) in [6, 6.07) is 6.13. The molecule has 4 heteroatoms. The van der Waals surface area contributed by atoms with Gasteiger partial charge in [0, 0.05) is 22.8 Å². The summed E-state index contributed by atoms with van der Waals surface area (Å²) in [5.74, 6) is 0. The van der Waals surface area contributed by atoms with Crippen molar-refractivity contribution in [2.75, 3.05) is 0 Å². The van der Waals surface area contributed by atoms with Gasteiger partial charge in [-0.05, 0) is 30.5 Å². The van der Waals surface area contributed by atoms with Crippen molar-refractivity contribution in [1.29, 1.82) is 0 Å². The Morgan fingerprint density at radius 2 is 2.22 bits per heavy atom. The zero-order chi connectivity index (χ0) is 13.1. The maximum Gasteiger partial charge on any atom is 0.0674 e. The van der Waals surface area contributed by atoms with Gasteiger partial charge in [0.2, 0.25) is 0 Å². The fourth-order valence-corrected chi connectivity index (χ4v) is 2.14. The molecule has 1 unspecified atom stereocenters. The Morgan fingerprint density at radius 3 is 2.89 bits per heavy atom. The Hall–Kier alpha value is -1.32. The SMILES string of the molecule is CCC(N)c1cnn(Cc2ccc(C)cc2Cl)c1. The molecule has 0 aliphatic rings. The van der Waals surface area contributed by atoms with Gasteiger partial charge in [-0.25, -0.2) is 0 Å². The first-order chi connectivity index (χ1) is 8.60. The van der Waals surface area contributed by atoms with Gasteiger partial charge in [-0.3, -0.25) is 4.68 Å². The van der Waals surface area contributed by atoms with Gasteiger partial charge in [-0.15, -0.1) is 0 Å². The number of hydrogen-bond donors (Lipinski definition) is 1. The van der Waals surface area contributed by atoms with Crippen molar-refractivity contribution in [2.45, 2.75) is 32.9 Å². The molecular formula is C14H18ClN3. The third-order valence-corrected chi connectivity index (χ3v) is 3.41. The Labute approximate surface area is 113 Å². The largest absolute Gasteiger partial charge is 0.324 e. The fourth-order valence-electron chi connectivity index (χ4n) is 1.85. The number of aromatic nitrogens is 2. The lowest BCUT2D eigenvalue weighted by Gasteiger charge is -2.06. The molecule has 0 amide bonds. The van der Waals surface area contributed by atoms with E-state index in [1.54, 1.807) is 0 Å². The van der Waals surface area contributed by atoms with E-state index in [-0.39, 0.29) is 6.04 Å². The Kier molecular flexibility index (Phi) is 4.04. The van der Waals surface area contributed by atoms with E-state index < -0.39 is 0 Å². The van der Waals surface area contributed by atoms with Crippen molar-refractivity contribution < 1.29 is 0 Å². The Morgan fingerprint density at radius 1 is 1.44 bits per heavy atom. The molecule has 1 aromatic heterocycles. The van der Waals surface area contributed by atoms with Gasteiger partial charge >= 0.3 is 0 Å². The van der Waals surface area contributed by atoms with Crippen LogP contribution in [0.3, 0.4) is 0 Å². The van der Waals surface area contributed by atoms with E-state index in [0.717, 1.165) is 28.1 Å². The van der Waals surface area contributed by atoms with Gasteiger partial charge in [-0.1, -0.05) is 30.7 Å². The van der Waals surface area contributed by atoms with E-state index >= 15 is 0 Å². The van der Waals surface area contributed by atoms with Crippen LogP contribution >= 0.6 is 11.6 Å². The quantitative estimate of drug-likeness (QED) is 0.920. The monoisotopic (exact) mass is 263 g/mol. The highest BCUT2D eigenvalue weighted by Crippen LogP contribution is 2.19. The standard InChI is InChI=1S/C14H18ClN3/c1-3-14(16)12-7-17-18(9-12)8-11-5-4-10(2)6-13(11)15/h4-7,9,14H,3,8,16H2,1-2H3. The molecule has 0 fully saturated rings. The molecule has 0 spiro atoms. The summed E-state index contributed by atoms with van der Waals surface area (Å²) in [7, 11) is 0. The predicted octanol–water partition coefficient (Wildman–Crippen LogP) is 3.30. The second-order valence-corrected chi connectivity index (χ2v) is 4.99. The van der Waals surface area contributed by atoms with Crippen LogP contribution in [0.2, 0.25) is 5.02 Å². The molecule has 0 aliphatic heterocycles. The predicted molar refractivity (Wildman–Crippen MR) is 74.7 cm³/mol. The van der Waals surface area contributed by atoms with E-state index in [9.17, 15) is 0 Å². The summed E-state index contributed by atoms with van der Waals surface area (Å²) >= 11 is 6.21. The van der Waals surface area contributed by atoms with Gasteiger partial charge in [0.25, 0.3) is 0 Å². The van der Waals surface area contributed by atoms with Crippen molar-refractivity contribution in [3.8, 4) is 0 Å². The van der Waals surface area contributed by atoms with Crippen molar-refractivity contribution in [2.24, 2.45) is 5.73 Å². The number of halogens is 1. The summed E-state index contributed by atoms with van der Waals surface area (Å²) < 4.78 is 1.88. The highest BCUT2D eigenvalue weighted by molar-refractivity contribution is 6.31. The summed E-state index contributed by atoms with van der Waals surface area (Å²) in [6.07, 6.45) is 4.73. The van der Waals surface area contributed by atoms with Crippen LogP contribution < -0.4 is 5.73 Å². The van der Waals surface area contributed by atoms with Crippen LogP contribution in [0.15, 0.2) is 30.6 Å². The molecule has 1 atom stereocenters. The number of rotatable bonds is 4. The molecule has 0 aliphatic carbocycles. The topological polar surface area (TPSA) is 43.8 Å². The molecule has 0 radical (unpaired) electrons. The van der Waals surface area contributed by atoms with Crippen molar-refractivity contribution in [3.63, 3.8) is 0 Å². The lowest BCUT2D eigenvalue weighted by atomic mass is 10.1. The van der Waals surface area contributed by atoms with Crippen LogP contribution in [0, 0.1) is 6.92 Å². The first-order valence-corrected chi connectivity index (χ1v) is 6.51. The van der Waals surface area contributed by atoms with Gasteiger partial charge in [0.1, 0.15) is 0 Å². The van der Waals surface area contributed by atoms with Crippen LogP contribution in [-0.2, 0) is 6.54 Å². The number of benzene rings is 1. The molecule has 0 saturated heterocycles. The maximum atomic E-state index is 6.21. The van der Waals surface area contributed by atoms with Gasteiger partial charge in [0.15, 0.2) is 0 Å². The summed E-state index contributed by atoms with van der Waals surface area (Å²) in [6.45, 7) is 4.77. The summed E-state index contributed by atoms with van der Waals surface area (Å²) in [5.41, 5.74) is 9.28. The lowest BCUT2D eigenvalue weighted by molar-refractivity contribution is 0.675. The molecule has 3 nitrogen and oxygen atoms in total. The fraction of sp³-hybridized carbons (Fsp3) is 0.357. The number of hydrogen-bond acceptors (Lipinski definition) is 2. The van der Waals surface area contributed by atoms with Crippen LogP contribution in [-0.4, -0.2) is 9.78 Å². The van der Waals surface area contributed by atoms with Gasteiger partial charge in [0.05, 0.1) is 12.7 Å². The van der Waals surface area contributed by atoms with Gasteiger partial charge in [-0.2, -0.15) is 5.10 Å². The Balaban J connectivity index is 2.16. The molecule has 2 rings (SSSR count). The second kappa shape index (κ2) is 5.55. The minimum atomic E-state index is 0.0623. The average molecular weight is 264 g/mol. The van der Waals surface area contributed by atoms with Crippen LogP contribution in [0.1, 0.15) is 36.1 Å². The van der Waals surface area contributed by atoms with Crippen molar-refractivity contribution in [3.05, 3.63) is 52.3 Å². The Bertz CT molecular complexity index is 534. The lowest BCUT2D eigenvalue weighted by Crippen LogP contribution is -2.07. The van der Waals surface area contributed by atoms with E-state index in [1.165, 1.54) is 0 Å². The zero-order valence-electron chi connectivity index (χ0n) is 10.7. The van der Waals surface area contributed by atoms with Crippen LogP contribution in [0.25, 0.3) is 0 Å². The van der Waals surface area contributed by atoms with Crippen LogP contribution in [0.4, 0.5) is 0 Å². The van der Waals surface area contributed by atoms with Gasteiger partial charge < -0.3 is 5.73 Å². The zero-order valence-corrected chi connectivity index (χ0v) is 11.5. The normalized spacial score (nSPS) is 12.7. The average Bonchev–Trinajstić information content (AvgIpc) is 2.80. The molecule has 1 heterocycles. The van der Waals surface area contributed by atoms with E-state index in [2.05, 4.69) is 18.1 Å². The van der Waals surface area contributed by atoms with Crippen LogP contribution in [0.5, 0.6) is 0 Å². The molecule has 96 valence electrons. The highest BCUT2D eigenvalue weighted by atomic mass is 35.5. The van der Waals surface area contributed by atoms with E-state index in [1.807, 2.05) is 36.1 Å². The third-order valence-electron chi connectivity index (χ3n) is 3.06. The minimum Gasteiger partial charge on any atom is -0.324 e. The summed E-state index contributed by atoms with van der Waals surface area (Å²) in [5, 5.41) is 5.11. The maximum absolute atomic E-state index is 6.21. The number of nitrogens with zero attached hydrogens (tertiary/aromatic N) is 2. The molecule has 18 heavy (non-hydrogen) atoms. The van der Waals surface area contributed by atoms with Crippen molar-refractivity contribution in [1.82, 2.24) is 9.78 Å². The third kappa shape index (κ3) is 2.92. The van der Waals surface area contributed by atoms with E-state index in [0.29, 0.717) is 6.54 Å². The molecule has 0 bridgehead atoms. The minimum absolute atomic E-state index is 0.0623. The highest BCUT2D eigenvalue weighted by Gasteiger charge is 2.07. The number of nitrogens with two attached hydrogens (primary N) is 1. The number of aryl methyl sites for hydroxylation is 1. The first kappa shape index (κ1) is 13.1. The molecular weight excluding hydrogens is 246 g/mol. The smallest absolute Gasteiger partial charge is 0.0674 e. The summed E-state index contributed by atoms with van der Waals surface area (Å²) in [4.78, 5) is 0. The second-order valence-electron chi connectivity index (χ2n) is 4.58. The van der Waals surface area contributed by atoms with E-state index in [4.69, 9.17) is 17.3 Å². The molecule has 2 N–H and O–H groups in total. The first-order valence-electron chi connectivity index (χ1n) is 6.13. The molecule has 0 saturated carbocycles.